The van der Waals surface area contributed by atoms with Gasteiger partial charge in [0.05, 0.1) is 6.42 Å². The Balaban J connectivity index is 3.20. The van der Waals surface area contributed by atoms with Crippen LogP contribution in [0.25, 0.3) is 0 Å². The number of hydrogen-bond donors (Lipinski definition) is 2. The van der Waals surface area contributed by atoms with Crippen molar-refractivity contribution in [2.45, 2.75) is 70.8 Å². The van der Waals surface area contributed by atoms with Crippen LogP contribution in [0.2, 0.25) is 0 Å². The number of carbonyl (C=O) groups is 4. The standard InChI is InChI=1S/C23H35F3N4O6/c1-7-12-36-20(23(24,25)26)28-22(4,5)21(35)29(6)17(14(2)3)18(33)27-15(13-16(31)32)19(34)30-10-8-9-11-30/h7,14-15,17H,1,8-13H2,2-6H3,(H,27,33)(H,31,32)/b28-20-/t15-,17-/m0/s1. The third-order valence-electron chi connectivity index (χ3n) is 5.53. The minimum absolute atomic E-state index is 0.443. The largest absolute Gasteiger partial charge is 0.481 e. The van der Waals surface area contributed by atoms with E-state index >= 15 is 0 Å². The molecule has 0 aliphatic carbocycles. The number of aliphatic carboxylic acids is 1. The van der Waals surface area contributed by atoms with Gasteiger partial charge in [0.2, 0.25) is 17.7 Å². The number of halogens is 3. The second-order valence-electron chi connectivity index (χ2n) is 9.37. The van der Waals surface area contributed by atoms with E-state index in [4.69, 9.17) is 0 Å². The maximum absolute atomic E-state index is 13.3. The summed E-state index contributed by atoms with van der Waals surface area (Å²) in [5, 5.41) is 11.7. The van der Waals surface area contributed by atoms with Crippen LogP contribution >= 0.6 is 0 Å². The number of rotatable bonds is 11. The average molecular weight is 521 g/mol. The van der Waals surface area contributed by atoms with Gasteiger partial charge in [0.1, 0.15) is 24.2 Å². The lowest BCUT2D eigenvalue weighted by atomic mass is 9.97. The summed E-state index contributed by atoms with van der Waals surface area (Å²) in [6, 6.07) is -2.58. The van der Waals surface area contributed by atoms with Crippen LogP contribution in [-0.2, 0) is 23.9 Å². The smallest absolute Gasteiger partial charge is 0.468 e. The van der Waals surface area contributed by atoms with E-state index in [1.807, 2.05) is 0 Å². The van der Waals surface area contributed by atoms with Crippen molar-refractivity contribution in [3.8, 4) is 0 Å². The molecule has 1 saturated heterocycles. The normalized spacial score (nSPS) is 16.4. The van der Waals surface area contributed by atoms with Gasteiger partial charge in [0, 0.05) is 20.1 Å². The number of nitrogens with zero attached hydrogens (tertiary/aromatic N) is 3. The average Bonchev–Trinajstić information content (AvgIpc) is 3.28. The molecule has 36 heavy (non-hydrogen) atoms. The summed E-state index contributed by atoms with van der Waals surface area (Å²) >= 11 is 0. The first kappa shape index (κ1) is 30.9. The van der Waals surface area contributed by atoms with Gasteiger partial charge in [-0.3, -0.25) is 19.2 Å². The number of likely N-dealkylation sites (N-methyl/N-ethyl adjacent to an activating group) is 1. The van der Waals surface area contributed by atoms with E-state index in [1.54, 1.807) is 13.8 Å². The lowest BCUT2D eigenvalue weighted by Crippen LogP contribution is -2.58. The summed E-state index contributed by atoms with van der Waals surface area (Å²) in [6.45, 7) is 9.19. The number of alkyl halides is 3. The lowest BCUT2D eigenvalue weighted by molar-refractivity contribution is -0.147. The van der Waals surface area contributed by atoms with E-state index in [0.717, 1.165) is 37.7 Å². The Morgan fingerprint density at radius 1 is 1.19 bits per heavy atom. The number of ether oxygens (including phenoxy) is 1. The quantitative estimate of drug-likeness (QED) is 0.244. The maximum Gasteiger partial charge on any atom is 0.468 e. The van der Waals surface area contributed by atoms with E-state index in [-0.39, 0.29) is 0 Å². The Kier molecular flexibility index (Phi) is 10.9. The van der Waals surface area contributed by atoms with Gasteiger partial charge in [-0.25, -0.2) is 4.99 Å². The SMILES string of the molecule is C=CCO/C(=N\C(C)(C)C(=O)N(C)[C@H](C(=O)N[C@@H](CC(=O)O)C(=O)N1CCCC1)C(C)C)C(F)(F)F. The van der Waals surface area contributed by atoms with Crippen molar-refractivity contribution in [2.24, 2.45) is 10.9 Å². The summed E-state index contributed by atoms with van der Waals surface area (Å²) in [5.41, 5.74) is -1.97. The highest BCUT2D eigenvalue weighted by Crippen LogP contribution is 2.24. The number of carboxylic acid groups (broad SMARTS) is 1. The molecule has 0 radical (unpaired) electrons. The maximum atomic E-state index is 13.3. The van der Waals surface area contributed by atoms with Crippen molar-refractivity contribution < 1.29 is 42.2 Å². The molecule has 0 saturated carbocycles. The fraction of sp³-hybridized carbons (Fsp3) is 0.696. The minimum atomic E-state index is -4.96. The van der Waals surface area contributed by atoms with Crippen LogP contribution in [0, 0.1) is 5.92 Å². The third kappa shape index (κ3) is 8.52. The van der Waals surface area contributed by atoms with Crippen molar-refractivity contribution in [1.29, 1.82) is 0 Å². The molecule has 2 atom stereocenters. The minimum Gasteiger partial charge on any atom is -0.481 e. The molecule has 0 bridgehead atoms. The summed E-state index contributed by atoms with van der Waals surface area (Å²) in [6.07, 6.45) is -3.00. The highest BCUT2D eigenvalue weighted by atomic mass is 19.4. The topological polar surface area (TPSA) is 129 Å². The second kappa shape index (κ2) is 12.7. The van der Waals surface area contributed by atoms with Crippen LogP contribution in [-0.4, -0.2) is 95.0 Å². The first-order valence-corrected chi connectivity index (χ1v) is 11.5. The van der Waals surface area contributed by atoms with Crippen molar-refractivity contribution in [3.05, 3.63) is 12.7 Å². The monoisotopic (exact) mass is 520 g/mol. The molecule has 1 aliphatic heterocycles. The number of amides is 3. The zero-order valence-corrected chi connectivity index (χ0v) is 21.2. The Hall–Kier alpha value is -3.12. The highest BCUT2D eigenvalue weighted by molar-refractivity contribution is 5.96. The number of carbonyl (C=O) groups excluding carboxylic acids is 3. The molecular formula is C23H35F3N4O6. The van der Waals surface area contributed by atoms with Crippen LogP contribution < -0.4 is 5.32 Å². The molecule has 0 aromatic rings. The molecule has 204 valence electrons. The van der Waals surface area contributed by atoms with Crippen LogP contribution in [0.1, 0.15) is 47.0 Å². The molecule has 0 spiro atoms. The fourth-order valence-electron chi connectivity index (χ4n) is 3.89. The predicted octanol–water partition coefficient (Wildman–Crippen LogP) is 1.99. The first-order valence-electron chi connectivity index (χ1n) is 11.5. The van der Waals surface area contributed by atoms with Gasteiger partial charge in [0.15, 0.2) is 0 Å². The molecule has 10 nitrogen and oxygen atoms in total. The van der Waals surface area contributed by atoms with Gasteiger partial charge >= 0.3 is 12.1 Å². The van der Waals surface area contributed by atoms with E-state index in [0.29, 0.717) is 13.1 Å². The predicted molar refractivity (Wildman–Crippen MR) is 125 cm³/mol. The van der Waals surface area contributed by atoms with Crippen molar-refractivity contribution >= 4 is 29.6 Å². The molecule has 0 aromatic carbocycles. The van der Waals surface area contributed by atoms with Gasteiger partial charge in [-0.1, -0.05) is 26.5 Å². The summed E-state index contributed by atoms with van der Waals surface area (Å²) in [5.74, 6) is -5.71. The first-order chi connectivity index (χ1) is 16.5. The Bertz CT molecular complexity index is 866. The van der Waals surface area contributed by atoms with E-state index in [9.17, 15) is 37.5 Å². The Morgan fingerprint density at radius 3 is 2.19 bits per heavy atom. The van der Waals surface area contributed by atoms with Gasteiger partial charge in [-0.2, -0.15) is 13.2 Å². The van der Waals surface area contributed by atoms with Gasteiger partial charge in [-0.05, 0) is 32.6 Å². The molecular weight excluding hydrogens is 485 g/mol. The van der Waals surface area contributed by atoms with Crippen LogP contribution in [0.5, 0.6) is 0 Å². The van der Waals surface area contributed by atoms with Crippen LogP contribution in [0.15, 0.2) is 17.6 Å². The van der Waals surface area contributed by atoms with E-state index in [2.05, 4.69) is 21.6 Å². The summed E-state index contributed by atoms with van der Waals surface area (Å²) < 4.78 is 44.6. The van der Waals surface area contributed by atoms with Gasteiger partial charge in [0.25, 0.3) is 5.90 Å². The zero-order chi connectivity index (χ0) is 27.8. The number of aliphatic imine (C=N–C) groups is 1. The Morgan fingerprint density at radius 2 is 1.75 bits per heavy atom. The molecule has 1 fully saturated rings. The summed E-state index contributed by atoms with van der Waals surface area (Å²) in [7, 11) is 1.23. The van der Waals surface area contributed by atoms with Gasteiger partial charge in [-0.15, -0.1) is 0 Å². The number of likely N-dealkylation sites (tertiary alicyclic amines) is 1. The third-order valence-corrected chi connectivity index (χ3v) is 5.53. The highest BCUT2D eigenvalue weighted by Gasteiger charge is 2.44. The van der Waals surface area contributed by atoms with Crippen molar-refractivity contribution in [2.75, 3.05) is 26.7 Å². The van der Waals surface area contributed by atoms with E-state index < -0.39 is 72.3 Å². The second-order valence-corrected chi connectivity index (χ2v) is 9.37. The molecule has 1 rings (SSSR count). The fourth-order valence-corrected chi connectivity index (χ4v) is 3.89. The number of carboxylic acids is 1. The molecule has 13 heteroatoms. The molecule has 0 unspecified atom stereocenters. The van der Waals surface area contributed by atoms with Crippen LogP contribution in [0.4, 0.5) is 13.2 Å². The molecule has 3 amide bonds. The Labute approximate surface area is 208 Å². The molecule has 2 N–H and O–H groups in total. The summed E-state index contributed by atoms with van der Waals surface area (Å²) in [4.78, 5) is 56.4. The number of nitrogens with one attached hydrogen (secondary N) is 1. The molecule has 1 aliphatic rings. The van der Waals surface area contributed by atoms with Crippen LogP contribution in [0.3, 0.4) is 0 Å². The van der Waals surface area contributed by atoms with Crippen molar-refractivity contribution in [1.82, 2.24) is 15.1 Å². The lowest BCUT2D eigenvalue weighted by Gasteiger charge is -2.35. The zero-order valence-electron chi connectivity index (χ0n) is 21.2. The van der Waals surface area contributed by atoms with E-state index in [1.165, 1.54) is 11.9 Å². The number of hydrogen-bond acceptors (Lipinski definition) is 6. The van der Waals surface area contributed by atoms with Gasteiger partial charge < -0.3 is 25.0 Å². The molecule has 1 heterocycles. The van der Waals surface area contributed by atoms with Crippen molar-refractivity contribution in [3.63, 3.8) is 0 Å². The molecule has 0 aromatic heterocycles.